The van der Waals surface area contributed by atoms with Crippen LogP contribution < -0.4 is 4.90 Å². The first-order chi connectivity index (χ1) is 24.8. The molecule has 2 heteroatoms. The van der Waals surface area contributed by atoms with Crippen LogP contribution in [0.3, 0.4) is 0 Å². The van der Waals surface area contributed by atoms with Gasteiger partial charge in [-0.25, -0.2) is 0 Å². The van der Waals surface area contributed by atoms with Crippen LogP contribution in [0.5, 0.6) is 0 Å². The molecular formula is C48H33NS. The molecule has 236 valence electrons. The molecule has 0 saturated carbocycles. The zero-order valence-corrected chi connectivity index (χ0v) is 28.2. The van der Waals surface area contributed by atoms with Gasteiger partial charge in [0.25, 0.3) is 0 Å². The molecule has 0 aliphatic carbocycles. The zero-order chi connectivity index (χ0) is 33.3. The molecule has 0 radical (unpaired) electrons. The first kappa shape index (κ1) is 29.9. The van der Waals surface area contributed by atoms with Gasteiger partial charge in [-0.05, 0) is 87.5 Å². The van der Waals surface area contributed by atoms with Crippen LogP contribution in [0.25, 0.3) is 64.7 Å². The van der Waals surface area contributed by atoms with Crippen molar-refractivity contribution in [1.82, 2.24) is 0 Å². The second-order valence-corrected chi connectivity index (χ2v) is 13.6. The Morgan fingerprint density at radius 3 is 1.50 bits per heavy atom. The molecule has 1 aromatic heterocycles. The Labute approximate surface area is 297 Å². The second kappa shape index (κ2) is 13.0. The number of hydrogen-bond acceptors (Lipinski definition) is 2. The van der Waals surface area contributed by atoms with E-state index < -0.39 is 0 Å². The van der Waals surface area contributed by atoms with Crippen molar-refractivity contribution in [1.29, 1.82) is 0 Å². The Balaban J connectivity index is 1.26. The van der Waals surface area contributed by atoms with Crippen LogP contribution >= 0.6 is 11.3 Å². The summed E-state index contributed by atoms with van der Waals surface area (Å²) in [7, 11) is 0. The van der Waals surface area contributed by atoms with E-state index in [-0.39, 0.29) is 0 Å². The fourth-order valence-corrected chi connectivity index (χ4v) is 8.15. The average molecular weight is 656 g/mol. The zero-order valence-electron chi connectivity index (χ0n) is 27.4. The number of anilines is 3. The number of thiophene rings is 1. The van der Waals surface area contributed by atoms with Crippen molar-refractivity contribution < 1.29 is 0 Å². The fraction of sp³-hybridized carbons (Fsp3) is 0. The molecule has 9 rings (SSSR count). The summed E-state index contributed by atoms with van der Waals surface area (Å²) in [5.41, 5.74) is 13.0. The van der Waals surface area contributed by atoms with Gasteiger partial charge in [0.2, 0.25) is 0 Å². The van der Waals surface area contributed by atoms with E-state index in [1.54, 1.807) is 0 Å². The Bertz CT molecular complexity index is 2570. The quantitative estimate of drug-likeness (QED) is 0.165. The van der Waals surface area contributed by atoms with Crippen molar-refractivity contribution in [2.24, 2.45) is 0 Å². The molecule has 1 nitrogen and oxygen atoms in total. The van der Waals surface area contributed by atoms with E-state index in [2.05, 4.69) is 205 Å². The molecule has 0 N–H and O–H groups in total. The summed E-state index contributed by atoms with van der Waals surface area (Å²) < 4.78 is 2.61. The maximum absolute atomic E-state index is 2.43. The van der Waals surface area contributed by atoms with Gasteiger partial charge in [-0.3, -0.25) is 0 Å². The average Bonchev–Trinajstić information content (AvgIpc) is 3.57. The van der Waals surface area contributed by atoms with Gasteiger partial charge < -0.3 is 4.90 Å². The van der Waals surface area contributed by atoms with Crippen molar-refractivity contribution in [2.45, 2.75) is 0 Å². The first-order valence-electron chi connectivity index (χ1n) is 17.0. The molecule has 0 aliphatic heterocycles. The normalized spacial score (nSPS) is 11.2. The maximum atomic E-state index is 2.43. The summed E-state index contributed by atoms with van der Waals surface area (Å²) in [6, 6.07) is 72.4. The van der Waals surface area contributed by atoms with Gasteiger partial charge in [-0.15, -0.1) is 11.3 Å². The van der Waals surface area contributed by atoms with Crippen LogP contribution in [0.1, 0.15) is 0 Å². The summed E-state index contributed by atoms with van der Waals surface area (Å²) in [6.07, 6.45) is 0. The predicted molar refractivity (Wildman–Crippen MR) is 216 cm³/mol. The minimum Gasteiger partial charge on any atom is -0.310 e. The Hall–Kier alpha value is -6.22. The fourth-order valence-electron chi connectivity index (χ4n) is 7.07. The topological polar surface area (TPSA) is 3.24 Å². The van der Waals surface area contributed by atoms with Gasteiger partial charge in [0, 0.05) is 37.1 Å². The lowest BCUT2D eigenvalue weighted by Crippen LogP contribution is -2.11. The number of rotatable bonds is 7. The van der Waals surface area contributed by atoms with Gasteiger partial charge in [0.15, 0.2) is 0 Å². The number of fused-ring (bicyclic) bond motifs is 3. The summed E-state index contributed by atoms with van der Waals surface area (Å²) in [5, 5.41) is 2.58. The summed E-state index contributed by atoms with van der Waals surface area (Å²) in [4.78, 5) is 2.43. The summed E-state index contributed by atoms with van der Waals surface area (Å²) >= 11 is 1.85. The molecular weight excluding hydrogens is 623 g/mol. The van der Waals surface area contributed by atoms with E-state index in [1.165, 1.54) is 64.7 Å². The molecule has 0 amide bonds. The van der Waals surface area contributed by atoms with Crippen LogP contribution in [-0.2, 0) is 0 Å². The lowest BCUT2D eigenvalue weighted by molar-refractivity contribution is 1.29. The lowest BCUT2D eigenvalue weighted by atomic mass is 9.91. The molecule has 0 bridgehead atoms. The van der Waals surface area contributed by atoms with Crippen molar-refractivity contribution >= 4 is 48.6 Å². The van der Waals surface area contributed by atoms with Crippen molar-refractivity contribution in [3.8, 4) is 44.5 Å². The highest BCUT2D eigenvalue weighted by Gasteiger charge is 2.20. The van der Waals surface area contributed by atoms with Crippen LogP contribution in [0, 0.1) is 0 Å². The van der Waals surface area contributed by atoms with Crippen molar-refractivity contribution in [3.63, 3.8) is 0 Å². The third-order valence-corrected chi connectivity index (χ3v) is 10.6. The standard InChI is InChI=1S/C48H33NS/c1-4-14-34(15-5-1)35-24-27-39(28-25-35)49(40-29-31-48-45(33-40)43-22-12-13-23-47(43)50-48)46-30-26-38(32-44(46)37-18-8-3-9-19-37)42-21-11-10-20-41(42)36-16-6-2-7-17-36/h1-33H. The second-order valence-electron chi connectivity index (χ2n) is 12.5. The molecule has 0 aliphatic rings. The third-order valence-electron chi connectivity index (χ3n) is 9.50. The molecule has 0 atom stereocenters. The number of benzene rings is 8. The minimum atomic E-state index is 1.11. The Morgan fingerprint density at radius 2 is 0.800 bits per heavy atom. The highest BCUT2D eigenvalue weighted by Crippen LogP contribution is 2.46. The van der Waals surface area contributed by atoms with Crippen LogP contribution in [0.15, 0.2) is 200 Å². The smallest absolute Gasteiger partial charge is 0.0540 e. The minimum absolute atomic E-state index is 1.11. The van der Waals surface area contributed by atoms with Gasteiger partial charge in [-0.2, -0.15) is 0 Å². The van der Waals surface area contributed by atoms with Gasteiger partial charge in [0.1, 0.15) is 0 Å². The molecule has 1 heterocycles. The van der Waals surface area contributed by atoms with Gasteiger partial charge in [-0.1, -0.05) is 152 Å². The lowest BCUT2D eigenvalue weighted by Gasteiger charge is -2.29. The molecule has 0 spiro atoms. The van der Waals surface area contributed by atoms with Crippen LogP contribution in [0.4, 0.5) is 17.1 Å². The number of hydrogen-bond donors (Lipinski definition) is 0. The molecule has 9 aromatic rings. The highest BCUT2D eigenvalue weighted by atomic mass is 32.1. The van der Waals surface area contributed by atoms with Crippen molar-refractivity contribution in [3.05, 3.63) is 200 Å². The van der Waals surface area contributed by atoms with Crippen LogP contribution in [0.2, 0.25) is 0 Å². The van der Waals surface area contributed by atoms with E-state index in [1.807, 2.05) is 11.3 Å². The molecule has 0 unspecified atom stereocenters. The van der Waals surface area contributed by atoms with E-state index in [0.29, 0.717) is 0 Å². The molecule has 0 saturated heterocycles. The summed E-state index contributed by atoms with van der Waals surface area (Å²) in [5.74, 6) is 0. The van der Waals surface area contributed by atoms with Gasteiger partial charge >= 0.3 is 0 Å². The Morgan fingerprint density at radius 1 is 0.300 bits per heavy atom. The van der Waals surface area contributed by atoms with Gasteiger partial charge in [0.05, 0.1) is 5.69 Å². The number of nitrogens with zero attached hydrogens (tertiary/aromatic N) is 1. The van der Waals surface area contributed by atoms with E-state index in [4.69, 9.17) is 0 Å². The van der Waals surface area contributed by atoms with Crippen molar-refractivity contribution in [2.75, 3.05) is 4.90 Å². The van der Waals surface area contributed by atoms with Crippen LogP contribution in [-0.4, -0.2) is 0 Å². The van der Waals surface area contributed by atoms with E-state index >= 15 is 0 Å². The predicted octanol–water partition coefficient (Wildman–Crippen LogP) is 14.2. The molecule has 8 aromatic carbocycles. The highest BCUT2D eigenvalue weighted by molar-refractivity contribution is 7.25. The monoisotopic (exact) mass is 655 g/mol. The molecule has 0 fully saturated rings. The first-order valence-corrected chi connectivity index (χ1v) is 17.8. The summed E-state index contributed by atoms with van der Waals surface area (Å²) in [6.45, 7) is 0. The largest absolute Gasteiger partial charge is 0.310 e. The third kappa shape index (κ3) is 5.56. The maximum Gasteiger partial charge on any atom is 0.0540 e. The SMILES string of the molecule is c1ccc(-c2ccc(N(c3ccc4sc5ccccc5c4c3)c3ccc(-c4ccccc4-c4ccccc4)cc3-c3ccccc3)cc2)cc1. The Kier molecular flexibility index (Phi) is 7.77. The van der Waals surface area contributed by atoms with E-state index in [0.717, 1.165) is 17.1 Å². The van der Waals surface area contributed by atoms with E-state index in [9.17, 15) is 0 Å². The molecule has 50 heavy (non-hydrogen) atoms.